The Kier molecular flexibility index (Phi) is 3.62. The van der Waals surface area contributed by atoms with Crippen LogP contribution < -0.4 is 15.7 Å². The van der Waals surface area contributed by atoms with Crippen molar-refractivity contribution in [3.8, 4) is 5.75 Å². The highest BCUT2D eigenvalue weighted by molar-refractivity contribution is 5.86. The van der Waals surface area contributed by atoms with Gasteiger partial charge in [-0.05, 0) is 20.0 Å². The molecule has 1 aromatic carbocycles. The number of methoxy groups -OCH3 is 1. The fourth-order valence-corrected chi connectivity index (χ4v) is 1.94. The average Bonchev–Trinajstić information content (AvgIpc) is 2.37. The van der Waals surface area contributed by atoms with E-state index < -0.39 is 0 Å². The average molecular weight is 247 g/mol. The van der Waals surface area contributed by atoms with Gasteiger partial charge in [-0.2, -0.15) is 4.98 Å². The number of nitrogens with one attached hydrogen (secondary N) is 2. The van der Waals surface area contributed by atoms with E-state index in [0.29, 0.717) is 11.3 Å². The summed E-state index contributed by atoms with van der Waals surface area (Å²) < 4.78 is 5.24. The van der Waals surface area contributed by atoms with Gasteiger partial charge in [0, 0.05) is 23.5 Å². The summed E-state index contributed by atoms with van der Waals surface area (Å²) in [6, 6.07) is 5.92. The van der Waals surface area contributed by atoms with Crippen LogP contribution in [-0.2, 0) is 6.42 Å². The van der Waals surface area contributed by atoms with Crippen LogP contribution >= 0.6 is 0 Å². The molecule has 1 heterocycles. The maximum atomic E-state index is 11.6. The molecule has 0 bridgehead atoms. The number of hydrogen-bond acceptors (Lipinski definition) is 4. The van der Waals surface area contributed by atoms with Crippen LogP contribution in [0.15, 0.2) is 23.0 Å². The van der Waals surface area contributed by atoms with Crippen molar-refractivity contribution in [3.05, 3.63) is 34.4 Å². The molecule has 2 aromatic rings. The second-order valence-corrected chi connectivity index (χ2v) is 4.27. The predicted molar refractivity (Wildman–Crippen MR) is 71.1 cm³/mol. The second-order valence-electron chi connectivity index (χ2n) is 4.27. The van der Waals surface area contributed by atoms with Crippen molar-refractivity contribution in [2.45, 2.75) is 19.4 Å². The summed E-state index contributed by atoms with van der Waals surface area (Å²) in [4.78, 5) is 18.4. The van der Waals surface area contributed by atoms with Crippen LogP contribution in [-0.4, -0.2) is 30.2 Å². The summed E-state index contributed by atoms with van der Waals surface area (Å²) in [7, 11) is 3.47. The van der Waals surface area contributed by atoms with Gasteiger partial charge in [-0.1, -0.05) is 12.1 Å². The largest absolute Gasteiger partial charge is 0.494 e. The number of likely N-dealkylation sites (N-methyl/N-ethyl adjacent to an activating group) is 1. The highest BCUT2D eigenvalue weighted by Crippen LogP contribution is 2.24. The zero-order valence-electron chi connectivity index (χ0n) is 10.8. The molecule has 0 fully saturated rings. The molecule has 5 heteroatoms. The van der Waals surface area contributed by atoms with E-state index in [-0.39, 0.29) is 11.7 Å². The molecule has 96 valence electrons. The lowest BCUT2D eigenvalue weighted by Gasteiger charge is -2.12. The van der Waals surface area contributed by atoms with Gasteiger partial charge >= 0.3 is 5.69 Å². The van der Waals surface area contributed by atoms with Crippen molar-refractivity contribution in [2.24, 2.45) is 0 Å². The quantitative estimate of drug-likeness (QED) is 0.848. The SMILES string of the molecule is CNC(C)Cc1[nH]c(=O)nc2c(OC)cccc12. The van der Waals surface area contributed by atoms with E-state index in [1.54, 1.807) is 13.2 Å². The highest BCUT2D eigenvalue weighted by Gasteiger charge is 2.10. The zero-order valence-corrected chi connectivity index (χ0v) is 10.8. The molecule has 0 aliphatic rings. The number of ether oxygens (including phenoxy) is 1. The Balaban J connectivity index is 2.62. The third-order valence-corrected chi connectivity index (χ3v) is 3.02. The summed E-state index contributed by atoms with van der Waals surface area (Å²) in [5.74, 6) is 0.622. The first-order valence-electron chi connectivity index (χ1n) is 5.89. The number of H-pyrrole nitrogens is 1. The Morgan fingerprint density at radius 1 is 1.50 bits per heavy atom. The van der Waals surface area contributed by atoms with Gasteiger partial charge in [0.05, 0.1) is 7.11 Å². The van der Waals surface area contributed by atoms with Crippen LogP contribution in [0.2, 0.25) is 0 Å². The van der Waals surface area contributed by atoms with Gasteiger partial charge in [0.25, 0.3) is 0 Å². The van der Waals surface area contributed by atoms with Crippen LogP contribution in [0.4, 0.5) is 0 Å². The molecule has 5 nitrogen and oxygen atoms in total. The van der Waals surface area contributed by atoms with E-state index >= 15 is 0 Å². The topological polar surface area (TPSA) is 67.0 Å². The van der Waals surface area contributed by atoms with Gasteiger partial charge in [0.15, 0.2) is 0 Å². The van der Waals surface area contributed by atoms with Gasteiger partial charge < -0.3 is 15.0 Å². The summed E-state index contributed by atoms with van der Waals surface area (Å²) in [6.07, 6.45) is 0.734. The van der Waals surface area contributed by atoms with E-state index in [4.69, 9.17) is 4.74 Å². The summed E-state index contributed by atoms with van der Waals surface area (Å²) in [5.41, 5.74) is 1.15. The van der Waals surface area contributed by atoms with Gasteiger partial charge in [-0.3, -0.25) is 0 Å². The lowest BCUT2D eigenvalue weighted by molar-refractivity contribution is 0.418. The Hall–Kier alpha value is -1.88. The fourth-order valence-electron chi connectivity index (χ4n) is 1.94. The van der Waals surface area contributed by atoms with E-state index in [9.17, 15) is 4.79 Å². The molecular weight excluding hydrogens is 230 g/mol. The molecule has 0 amide bonds. The summed E-state index contributed by atoms with van der Waals surface area (Å²) in [6.45, 7) is 2.06. The lowest BCUT2D eigenvalue weighted by atomic mass is 10.1. The number of nitrogens with zero attached hydrogens (tertiary/aromatic N) is 1. The third-order valence-electron chi connectivity index (χ3n) is 3.02. The van der Waals surface area contributed by atoms with Crippen LogP contribution in [0.25, 0.3) is 10.9 Å². The number of aromatic amines is 1. The highest BCUT2D eigenvalue weighted by atomic mass is 16.5. The van der Waals surface area contributed by atoms with E-state index in [1.807, 2.05) is 19.2 Å². The standard InChI is InChI=1S/C13H17N3O2/c1-8(14-2)7-10-9-5-4-6-11(18-3)12(9)16-13(17)15-10/h4-6,8,14H,7H2,1-3H3,(H,15,16,17). The van der Waals surface area contributed by atoms with Gasteiger partial charge in [0.1, 0.15) is 11.3 Å². The molecule has 0 radical (unpaired) electrons. The number of rotatable bonds is 4. The molecule has 0 spiro atoms. The molecule has 18 heavy (non-hydrogen) atoms. The molecule has 2 rings (SSSR count). The van der Waals surface area contributed by atoms with Crippen molar-refractivity contribution in [1.82, 2.24) is 15.3 Å². The first kappa shape index (κ1) is 12.6. The number of hydrogen-bond donors (Lipinski definition) is 2. The van der Waals surface area contributed by atoms with Crippen LogP contribution in [0.5, 0.6) is 5.75 Å². The van der Waals surface area contributed by atoms with Crippen molar-refractivity contribution in [1.29, 1.82) is 0 Å². The molecule has 0 aliphatic heterocycles. The van der Waals surface area contributed by atoms with Gasteiger partial charge in [0.2, 0.25) is 0 Å². The Morgan fingerprint density at radius 3 is 2.94 bits per heavy atom. The number of para-hydroxylation sites is 1. The number of aromatic nitrogens is 2. The fraction of sp³-hybridized carbons (Fsp3) is 0.385. The molecule has 0 saturated carbocycles. The number of fused-ring (bicyclic) bond motifs is 1. The lowest BCUT2D eigenvalue weighted by Crippen LogP contribution is -2.26. The van der Waals surface area contributed by atoms with E-state index in [1.165, 1.54) is 0 Å². The predicted octanol–water partition coefficient (Wildman–Crippen LogP) is 1.08. The van der Waals surface area contributed by atoms with E-state index in [2.05, 4.69) is 22.2 Å². The first-order chi connectivity index (χ1) is 8.65. The van der Waals surface area contributed by atoms with E-state index in [0.717, 1.165) is 17.5 Å². The van der Waals surface area contributed by atoms with Gasteiger partial charge in [-0.15, -0.1) is 0 Å². The maximum Gasteiger partial charge on any atom is 0.345 e. The van der Waals surface area contributed by atoms with Crippen molar-refractivity contribution in [2.75, 3.05) is 14.2 Å². The third kappa shape index (κ3) is 2.36. The second kappa shape index (κ2) is 5.18. The van der Waals surface area contributed by atoms with Crippen molar-refractivity contribution >= 4 is 10.9 Å². The molecule has 1 aromatic heterocycles. The Labute approximate surface area is 105 Å². The van der Waals surface area contributed by atoms with Crippen molar-refractivity contribution in [3.63, 3.8) is 0 Å². The molecule has 1 unspecified atom stereocenters. The normalized spacial score (nSPS) is 12.6. The Bertz CT molecular complexity index is 607. The minimum atomic E-state index is -0.342. The van der Waals surface area contributed by atoms with Crippen LogP contribution in [0, 0.1) is 0 Å². The van der Waals surface area contributed by atoms with Crippen molar-refractivity contribution < 1.29 is 4.74 Å². The molecule has 0 aliphatic carbocycles. The molecular formula is C13H17N3O2. The Morgan fingerprint density at radius 2 is 2.28 bits per heavy atom. The first-order valence-corrected chi connectivity index (χ1v) is 5.89. The smallest absolute Gasteiger partial charge is 0.345 e. The summed E-state index contributed by atoms with van der Waals surface area (Å²) >= 11 is 0. The van der Waals surface area contributed by atoms with Crippen LogP contribution in [0.3, 0.4) is 0 Å². The minimum absolute atomic E-state index is 0.275. The molecule has 0 saturated heterocycles. The zero-order chi connectivity index (χ0) is 13.1. The number of benzene rings is 1. The minimum Gasteiger partial charge on any atom is -0.494 e. The summed E-state index contributed by atoms with van der Waals surface area (Å²) in [5, 5.41) is 4.08. The van der Waals surface area contributed by atoms with Gasteiger partial charge in [-0.25, -0.2) is 4.79 Å². The molecule has 2 N–H and O–H groups in total. The monoisotopic (exact) mass is 247 g/mol. The maximum absolute atomic E-state index is 11.6. The van der Waals surface area contributed by atoms with Crippen LogP contribution in [0.1, 0.15) is 12.6 Å². The molecule has 1 atom stereocenters.